The first-order valence-corrected chi connectivity index (χ1v) is 10.9. The zero-order valence-corrected chi connectivity index (χ0v) is 18.7. The predicted molar refractivity (Wildman–Crippen MR) is 120 cm³/mol. The molecule has 1 saturated heterocycles. The summed E-state index contributed by atoms with van der Waals surface area (Å²) in [6.07, 6.45) is -4.43. The first-order valence-electron chi connectivity index (χ1n) is 10.2. The zero-order valence-electron chi connectivity index (χ0n) is 17.2. The number of benzene rings is 3. The van der Waals surface area contributed by atoms with E-state index < -0.39 is 23.4 Å². The fraction of sp³-hybridized carbons (Fsp3) is 0.250. The van der Waals surface area contributed by atoms with Crippen LogP contribution in [0.2, 0.25) is 10.0 Å². The number of halogens is 7. The highest BCUT2D eigenvalue weighted by molar-refractivity contribution is 6.36. The third kappa shape index (κ3) is 5.42. The lowest BCUT2D eigenvalue weighted by Gasteiger charge is -2.43. The molecule has 0 aliphatic carbocycles. The van der Waals surface area contributed by atoms with Gasteiger partial charge in [-0.3, -0.25) is 4.90 Å². The van der Waals surface area contributed by atoms with Crippen molar-refractivity contribution in [1.29, 1.82) is 0 Å². The maximum Gasteiger partial charge on any atom is 0.416 e. The molecule has 1 aliphatic heterocycles. The topological polar surface area (TPSA) is 6.48 Å². The largest absolute Gasteiger partial charge is 0.416 e. The number of hydrogen-bond acceptors (Lipinski definition) is 2. The van der Waals surface area contributed by atoms with E-state index in [2.05, 4.69) is 4.90 Å². The second-order valence-corrected chi connectivity index (χ2v) is 8.75. The Morgan fingerprint density at radius 1 is 0.848 bits per heavy atom. The molecule has 0 radical (unpaired) electrons. The summed E-state index contributed by atoms with van der Waals surface area (Å²) in [6, 6.07) is 13.6. The Bertz CT molecular complexity index is 1130. The minimum atomic E-state index is -4.43. The molecule has 0 saturated carbocycles. The Labute approximate surface area is 198 Å². The Balaban J connectivity index is 1.64. The van der Waals surface area contributed by atoms with E-state index in [1.807, 2.05) is 4.90 Å². The average molecular weight is 501 g/mol. The van der Waals surface area contributed by atoms with Crippen molar-refractivity contribution < 1.29 is 22.0 Å². The highest BCUT2D eigenvalue weighted by Crippen LogP contribution is 2.38. The van der Waals surface area contributed by atoms with E-state index in [1.54, 1.807) is 18.2 Å². The molecule has 0 bridgehead atoms. The van der Waals surface area contributed by atoms with E-state index in [0.717, 1.165) is 30.0 Å². The number of nitrogens with zero attached hydrogens (tertiary/aromatic N) is 2. The SMILES string of the molecule is Fc1ccc(CN2CCN(c3ccc(Cl)cc3Cl)C(c3ccc(C(F)(F)F)cc3)C2)cc1F. The van der Waals surface area contributed by atoms with Crippen molar-refractivity contribution in [2.45, 2.75) is 18.8 Å². The highest BCUT2D eigenvalue weighted by Gasteiger charge is 2.33. The maximum absolute atomic E-state index is 13.7. The molecular formula is C24H19Cl2F5N2. The van der Waals surface area contributed by atoms with Gasteiger partial charge in [0.15, 0.2) is 11.6 Å². The number of piperazine rings is 1. The van der Waals surface area contributed by atoms with Crippen LogP contribution >= 0.6 is 23.2 Å². The summed E-state index contributed by atoms with van der Waals surface area (Å²) in [5, 5.41) is 0.917. The van der Waals surface area contributed by atoms with Crippen LogP contribution < -0.4 is 4.90 Å². The van der Waals surface area contributed by atoms with Crippen LogP contribution in [0.25, 0.3) is 0 Å². The van der Waals surface area contributed by atoms with E-state index in [4.69, 9.17) is 23.2 Å². The predicted octanol–water partition coefficient (Wildman–Crippen LogP) is 7.35. The fourth-order valence-electron chi connectivity index (χ4n) is 4.06. The van der Waals surface area contributed by atoms with Crippen molar-refractivity contribution in [3.8, 4) is 0 Å². The minimum Gasteiger partial charge on any atom is -0.361 e. The van der Waals surface area contributed by atoms with E-state index in [-0.39, 0.29) is 6.04 Å². The van der Waals surface area contributed by atoms with Crippen LogP contribution in [-0.4, -0.2) is 24.5 Å². The van der Waals surface area contributed by atoms with Crippen molar-refractivity contribution >= 4 is 28.9 Å². The van der Waals surface area contributed by atoms with E-state index in [0.29, 0.717) is 47.4 Å². The molecule has 1 heterocycles. The molecule has 174 valence electrons. The summed E-state index contributed by atoms with van der Waals surface area (Å²) in [4.78, 5) is 4.08. The molecular weight excluding hydrogens is 482 g/mol. The summed E-state index contributed by atoms with van der Waals surface area (Å²) in [7, 11) is 0. The smallest absolute Gasteiger partial charge is 0.361 e. The van der Waals surface area contributed by atoms with Gasteiger partial charge in [0.1, 0.15) is 0 Å². The molecule has 4 rings (SSSR count). The summed E-state index contributed by atoms with van der Waals surface area (Å²) >= 11 is 12.5. The van der Waals surface area contributed by atoms with Crippen LogP contribution in [0.4, 0.5) is 27.6 Å². The Kier molecular flexibility index (Phi) is 6.84. The lowest BCUT2D eigenvalue weighted by atomic mass is 9.99. The van der Waals surface area contributed by atoms with Gasteiger partial charge in [0.25, 0.3) is 0 Å². The molecule has 2 nitrogen and oxygen atoms in total. The van der Waals surface area contributed by atoms with Gasteiger partial charge in [-0.05, 0) is 53.6 Å². The Hall–Kier alpha value is -2.35. The normalized spacial score (nSPS) is 17.4. The van der Waals surface area contributed by atoms with Gasteiger partial charge in [-0.1, -0.05) is 41.4 Å². The van der Waals surface area contributed by atoms with Gasteiger partial charge in [0.2, 0.25) is 0 Å². The third-order valence-corrected chi connectivity index (χ3v) is 6.23. The number of rotatable bonds is 4. The Morgan fingerprint density at radius 3 is 2.21 bits per heavy atom. The minimum absolute atomic E-state index is 0.315. The molecule has 9 heteroatoms. The molecule has 1 fully saturated rings. The third-order valence-electron chi connectivity index (χ3n) is 5.70. The molecule has 1 atom stereocenters. The van der Waals surface area contributed by atoms with Crippen molar-refractivity contribution in [3.05, 3.63) is 99.0 Å². The van der Waals surface area contributed by atoms with Crippen molar-refractivity contribution in [1.82, 2.24) is 4.90 Å². The van der Waals surface area contributed by atoms with Crippen molar-refractivity contribution in [2.75, 3.05) is 24.5 Å². The highest BCUT2D eigenvalue weighted by atomic mass is 35.5. The van der Waals surface area contributed by atoms with Crippen LogP contribution in [-0.2, 0) is 12.7 Å². The van der Waals surface area contributed by atoms with E-state index in [9.17, 15) is 22.0 Å². The number of anilines is 1. The first kappa shape index (κ1) is 23.8. The monoisotopic (exact) mass is 500 g/mol. The number of hydrogen-bond donors (Lipinski definition) is 0. The second-order valence-electron chi connectivity index (χ2n) is 7.91. The lowest BCUT2D eigenvalue weighted by molar-refractivity contribution is -0.137. The summed E-state index contributed by atoms with van der Waals surface area (Å²) in [6.45, 7) is 1.94. The van der Waals surface area contributed by atoms with Crippen LogP contribution in [0.5, 0.6) is 0 Å². The molecule has 33 heavy (non-hydrogen) atoms. The van der Waals surface area contributed by atoms with Gasteiger partial charge in [0, 0.05) is 31.2 Å². The van der Waals surface area contributed by atoms with Crippen LogP contribution in [0.1, 0.15) is 22.7 Å². The standard InChI is InChI=1S/C24H19Cl2F5N2/c25-18-6-8-22(19(26)12-18)33-10-9-32(13-15-1-7-20(27)21(28)11-15)14-23(33)16-2-4-17(5-3-16)24(29,30)31/h1-8,11-12,23H,9-10,13-14H2. The van der Waals surface area contributed by atoms with E-state index in [1.165, 1.54) is 18.2 Å². The summed E-state index contributed by atoms with van der Waals surface area (Å²) in [5.74, 6) is -1.83. The first-order chi connectivity index (χ1) is 15.6. The summed E-state index contributed by atoms with van der Waals surface area (Å²) < 4.78 is 66.1. The molecule has 1 aliphatic rings. The van der Waals surface area contributed by atoms with Crippen LogP contribution in [0.3, 0.4) is 0 Å². The van der Waals surface area contributed by atoms with Gasteiger partial charge in [-0.25, -0.2) is 8.78 Å². The average Bonchev–Trinajstić information content (AvgIpc) is 2.76. The van der Waals surface area contributed by atoms with Gasteiger partial charge in [-0.15, -0.1) is 0 Å². The van der Waals surface area contributed by atoms with Gasteiger partial charge >= 0.3 is 6.18 Å². The van der Waals surface area contributed by atoms with Gasteiger partial charge in [-0.2, -0.15) is 13.2 Å². The fourth-order valence-corrected chi connectivity index (χ4v) is 4.58. The molecule has 1 unspecified atom stereocenters. The number of alkyl halides is 3. The zero-order chi connectivity index (χ0) is 23.8. The van der Waals surface area contributed by atoms with Gasteiger partial charge in [0.05, 0.1) is 22.3 Å². The molecule has 3 aromatic rings. The molecule has 0 spiro atoms. The molecule has 0 aromatic heterocycles. The maximum atomic E-state index is 13.7. The van der Waals surface area contributed by atoms with Crippen LogP contribution in [0.15, 0.2) is 60.7 Å². The second kappa shape index (κ2) is 9.49. The lowest BCUT2D eigenvalue weighted by Crippen LogP contribution is -2.48. The Morgan fingerprint density at radius 2 is 1.58 bits per heavy atom. The quantitative estimate of drug-likeness (QED) is 0.345. The van der Waals surface area contributed by atoms with Gasteiger partial charge < -0.3 is 4.90 Å². The molecule has 0 N–H and O–H groups in total. The van der Waals surface area contributed by atoms with E-state index >= 15 is 0 Å². The summed E-state index contributed by atoms with van der Waals surface area (Å²) in [5.41, 5.74) is 1.29. The molecule has 3 aromatic carbocycles. The molecule has 0 amide bonds. The van der Waals surface area contributed by atoms with Crippen LogP contribution in [0, 0.1) is 11.6 Å². The van der Waals surface area contributed by atoms with Crippen molar-refractivity contribution in [2.24, 2.45) is 0 Å². The van der Waals surface area contributed by atoms with Crippen molar-refractivity contribution in [3.63, 3.8) is 0 Å².